The fourth-order valence-corrected chi connectivity index (χ4v) is 3.75. The van der Waals surface area contributed by atoms with Crippen LogP contribution in [-0.4, -0.2) is 52.9 Å². The molecule has 1 aliphatic rings. The first-order valence-corrected chi connectivity index (χ1v) is 9.08. The summed E-state index contributed by atoms with van der Waals surface area (Å²) in [5, 5.41) is 1.16. The quantitative estimate of drug-likeness (QED) is 0.588. The summed E-state index contributed by atoms with van der Waals surface area (Å²) in [6.45, 7) is 2.52. The third kappa shape index (κ3) is 3.62. The number of nitrogens with zero attached hydrogens (tertiary/aromatic N) is 3. The Balaban J connectivity index is 1.86. The van der Waals surface area contributed by atoms with E-state index in [1.807, 2.05) is 23.1 Å². The topological polar surface area (TPSA) is 64.4 Å². The van der Waals surface area contributed by atoms with E-state index >= 15 is 0 Å². The number of hydrogen-bond donors (Lipinski definition) is 0. The number of fused-ring (bicyclic) bond motifs is 1. The van der Waals surface area contributed by atoms with Crippen molar-refractivity contribution in [2.75, 3.05) is 32.6 Å². The van der Waals surface area contributed by atoms with Crippen LogP contribution in [0, 0.1) is 0 Å². The highest BCUT2D eigenvalue weighted by Crippen LogP contribution is 2.19. The molecule has 1 saturated heterocycles. The van der Waals surface area contributed by atoms with Crippen molar-refractivity contribution < 1.29 is 9.53 Å². The van der Waals surface area contributed by atoms with Gasteiger partial charge in [0.25, 0.3) is 5.56 Å². The Morgan fingerprint density at radius 3 is 2.79 bits per heavy atom. The van der Waals surface area contributed by atoms with Crippen molar-refractivity contribution in [3.8, 4) is 0 Å². The van der Waals surface area contributed by atoms with Gasteiger partial charge >= 0.3 is 0 Å². The predicted molar refractivity (Wildman–Crippen MR) is 94.4 cm³/mol. The number of thioether (sulfide) groups is 1. The molecule has 1 amide bonds. The second-order valence-electron chi connectivity index (χ2n) is 5.74. The first-order valence-electron chi connectivity index (χ1n) is 8.10. The summed E-state index contributed by atoms with van der Waals surface area (Å²) in [6.07, 6.45) is 2.15. The molecular formula is C17H21N3O3S. The molecule has 0 unspecified atom stereocenters. The molecule has 0 saturated carbocycles. The zero-order valence-electron chi connectivity index (χ0n) is 13.7. The first-order chi connectivity index (χ1) is 11.7. The molecule has 1 fully saturated rings. The maximum absolute atomic E-state index is 12.7. The summed E-state index contributed by atoms with van der Waals surface area (Å²) < 4.78 is 6.71. The van der Waals surface area contributed by atoms with Crippen molar-refractivity contribution in [1.82, 2.24) is 14.5 Å². The van der Waals surface area contributed by atoms with Crippen molar-refractivity contribution in [3.05, 3.63) is 34.6 Å². The van der Waals surface area contributed by atoms with Gasteiger partial charge in [-0.3, -0.25) is 14.2 Å². The number of carbonyl (C=O) groups excluding carboxylic acids is 1. The minimum Gasteiger partial charge on any atom is -0.383 e. The summed E-state index contributed by atoms with van der Waals surface area (Å²) in [5.74, 6) is 0.413. The van der Waals surface area contributed by atoms with Gasteiger partial charge in [0.15, 0.2) is 5.16 Å². The lowest BCUT2D eigenvalue weighted by atomic mass is 10.2. The third-order valence-corrected chi connectivity index (χ3v) is 5.09. The number of hydrogen-bond acceptors (Lipinski definition) is 5. The minimum absolute atomic E-state index is 0.0891. The van der Waals surface area contributed by atoms with Crippen molar-refractivity contribution in [3.63, 3.8) is 0 Å². The number of carbonyl (C=O) groups is 1. The van der Waals surface area contributed by atoms with E-state index in [0.29, 0.717) is 35.0 Å². The molecule has 3 rings (SSSR count). The van der Waals surface area contributed by atoms with E-state index in [2.05, 4.69) is 4.98 Å². The van der Waals surface area contributed by atoms with Crippen LogP contribution in [0.3, 0.4) is 0 Å². The number of aromatic nitrogens is 2. The van der Waals surface area contributed by atoms with Gasteiger partial charge in [0.1, 0.15) is 0 Å². The maximum atomic E-state index is 12.7. The molecular weight excluding hydrogens is 326 g/mol. The van der Waals surface area contributed by atoms with Crippen LogP contribution in [0.5, 0.6) is 0 Å². The smallest absolute Gasteiger partial charge is 0.262 e. The van der Waals surface area contributed by atoms with Gasteiger partial charge in [-0.15, -0.1) is 0 Å². The van der Waals surface area contributed by atoms with E-state index in [0.717, 1.165) is 25.9 Å². The average molecular weight is 347 g/mol. The normalized spacial score (nSPS) is 14.5. The highest BCUT2D eigenvalue weighted by Gasteiger charge is 2.19. The Labute approximate surface area is 144 Å². The van der Waals surface area contributed by atoms with Gasteiger partial charge in [-0.05, 0) is 25.0 Å². The summed E-state index contributed by atoms with van der Waals surface area (Å²) in [4.78, 5) is 31.4. The Morgan fingerprint density at radius 2 is 2.04 bits per heavy atom. The molecule has 0 atom stereocenters. The van der Waals surface area contributed by atoms with Crippen LogP contribution in [0.15, 0.2) is 34.2 Å². The Kier molecular flexibility index (Phi) is 5.52. The van der Waals surface area contributed by atoms with E-state index in [4.69, 9.17) is 4.74 Å². The number of methoxy groups -OCH3 is 1. The van der Waals surface area contributed by atoms with Gasteiger partial charge in [0.05, 0.1) is 29.8 Å². The van der Waals surface area contributed by atoms with E-state index in [9.17, 15) is 9.59 Å². The molecule has 2 aromatic rings. The summed E-state index contributed by atoms with van der Waals surface area (Å²) in [5.41, 5.74) is 0.570. The molecule has 1 aromatic carbocycles. The molecule has 0 radical (unpaired) electrons. The molecule has 0 bridgehead atoms. The largest absolute Gasteiger partial charge is 0.383 e. The van der Waals surface area contributed by atoms with Gasteiger partial charge in [0, 0.05) is 20.2 Å². The summed E-state index contributed by atoms with van der Waals surface area (Å²) in [6, 6.07) is 7.29. The second kappa shape index (κ2) is 7.81. The van der Waals surface area contributed by atoms with Crippen LogP contribution in [0.4, 0.5) is 0 Å². The molecule has 1 aliphatic heterocycles. The van der Waals surface area contributed by atoms with Gasteiger partial charge < -0.3 is 9.64 Å². The number of amides is 1. The maximum Gasteiger partial charge on any atom is 0.262 e. The molecule has 1 aromatic heterocycles. The van der Waals surface area contributed by atoms with Gasteiger partial charge in [-0.25, -0.2) is 4.98 Å². The zero-order valence-corrected chi connectivity index (χ0v) is 14.6. The van der Waals surface area contributed by atoms with E-state index < -0.39 is 0 Å². The molecule has 24 heavy (non-hydrogen) atoms. The van der Waals surface area contributed by atoms with Crippen molar-refractivity contribution in [1.29, 1.82) is 0 Å². The van der Waals surface area contributed by atoms with Crippen LogP contribution >= 0.6 is 11.8 Å². The Hall–Kier alpha value is -1.86. The van der Waals surface area contributed by atoms with E-state index in [1.165, 1.54) is 11.8 Å². The van der Waals surface area contributed by atoms with Crippen LogP contribution < -0.4 is 5.56 Å². The van der Waals surface area contributed by atoms with Crippen molar-refractivity contribution >= 4 is 28.6 Å². The first kappa shape index (κ1) is 17.0. The number of ether oxygens (including phenoxy) is 1. The number of para-hydroxylation sites is 1. The summed E-state index contributed by atoms with van der Waals surface area (Å²) >= 11 is 1.33. The highest BCUT2D eigenvalue weighted by molar-refractivity contribution is 7.99. The lowest BCUT2D eigenvalue weighted by Gasteiger charge is -2.16. The number of likely N-dealkylation sites (tertiary alicyclic amines) is 1. The van der Waals surface area contributed by atoms with Crippen LogP contribution in [0.25, 0.3) is 10.9 Å². The third-order valence-electron chi connectivity index (χ3n) is 4.13. The van der Waals surface area contributed by atoms with Crippen molar-refractivity contribution in [2.45, 2.75) is 24.5 Å². The lowest BCUT2D eigenvalue weighted by Crippen LogP contribution is -2.30. The van der Waals surface area contributed by atoms with E-state index in [1.54, 1.807) is 17.7 Å². The highest BCUT2D eigenvalue weighted by atomic mass is 32.2. The molecule has 7 heteroatoms. The fourth-order valence-electron chi connectivity index (χ4n) is 2.82. The average Bonchev–Trinajstić information content (AvgIpc) is 3.14. The molecule has 128 valence electrons. The Bertz CT molecular complexity index is 784. The number of rotatable bonds is 6. The lowest BCUT2D eigenvalue weighted by molar-refractivity contribution is -0.127. The molecule has 0 spiro atoms. The second-order valence-corrected chi connectivity index (χ2v) is 6.68. The zero-order chi connectivity index (χ0) is 16.9. The molecule has 6 nitrogen and oxygen atoms in total. The minimum atomic E-state index is -0.0891. The summed E-state index contributed by atoms with van der Waals surface area (Å²) in [7, 11) is 1.60. The number of benzene rings is 1. The van der Waals surface area contributed by atoms with Gasteiger partial charge in [-0.2, -0.15) is 0 Å². The van der Waals surface area contributed by atoms with Gasteiger partial charge in [0.2, 0.25) is 5.91 Å². The van der Waals surface area contributed by atoms with Crippen LogP contribution in [0.2, 0.25) is 0 Å². The monoisotopic (exact) mass is 347 g/mol. The van der Waals surface area contributed by atoms with Gasteiger partial charge in [-0.1, -0.05) is 23.9 Å². The predicted octanol–water partition coefficient (Wildman–Crippen LogP) is 1.76. The van der Waals surface area contributed by atoms with Crippen molar-refractivity contribution in [2.24, 2.45) is 0 Å². The SMILES string of the molecule is COCCn1c(SCC(=O)N2CCCC2)nc2ccccc2c1=O. The van der Waals surface area contributed by atoms with E-state index in [-0.39, 0.29) is 11.5 Å². The molecule has 2 heterocycles. The standard InChI is InChI=1S/C17H21N3O3S/c1-23-11-10-20-16(22)13-6-2-3-7-14(13)18-17(20)24-12-15(21)19-8-4-5-9-19/h2-3,6-7H,4-5,8-12H2,1H3. The van der Waals surface area contributed by atoms with Crippen LogP contribution in [-0.2, 0) is 16.1 Å². The molecule has 0 N–H and O–H groups in total. The van der Waals surface area contributed by atoms with Crippen LogP contribution in [0.1, 0.15) is 12.8 Å². The molecule has 0 aliphatic carbocycles. The fraction of sp³-hybridized carbons (Fsp3) is 0.471. The Morgan fingerprint density at radius 1 is 1.29 bits per heavy atom.